The van der Waals surface area contributed by atoms with E-state index in [0.717, 1.165) is 47.7 Å². The van der Waals surface area contributed by atoms with E-state index in [-0.39, 0.29) is 11.8 Å². The van der Waals surface area contributed by atoms with Gasteiger partial charge in [-0.15, -0.1) is 11.3 Å². The molecule has 1 amide bonds. The van der Waals surface area contributed by atoms with Crippen LogP contribution in [-0.2, 0) is 4.79 Å². The molecule has 3 rings (SSSR count). The summed E-state index contributed by atoms with van der Waals surface area (Å²) in [5.41, 5.74) is 1.96. The third-order valence-electron chi connectivity index (χ3n) is 4.36. The topological polar surface area (TPSA) is 74.2 Å². The largest absolute Gasteiger partial charge is 0.338 e. The van der Waals surface area contributed by atoms with Gasteiger partial charge in [-0.2, -0.15) is 0 Å². The number of rotatable bonds is 6. The van der Waals surface area contributed by atoms with Crippen LogP contribution in [0.2, 0.25) is 0 Å². The molecule has 1 aliphatic heterocycles. The minimum absolute atomic E-state index is 0.0711. The maximum atomic E-state index is 12.3. The van der Waals surface area contributed by atoms with Crippen LogP contribution in [-0.4, -0.2) is 64.4 Å². The van der Waals surface area contributed by atoms with E-state index in [0.29, 0.717) is 6.54 Å². The molecule has 0 saturated carbocycles. The Bertz CT molecular complexity index is 831. The first-order valence-electron chi connectivity index (χ1n) is 9.05. The van der Waals surface area contributed by atoms with Crippen LogP contribution in [0.5, 0.6) is 0 Å². The summed E-state index contributed by atoms with van der Waals surface area (Å²) in [4.78, 5) is 29.8. The first-order chi connectivity index (χ1) is 12.9. The highest BCUT2D eigenvalue weighted by atomic mass is 32.1. The lowest BCUT2D eigenvalue weighted by molar-refractivity contribution is -0.125. The maximum Gasteiger partial charge on any atom is 0.246 e. The average molecular weight is 387 g/mol. The minimum atomic E-state index is 0.0711. The van der Waals surface area contributed by atoms with Crippen LogP contribution in [0.3, 0.4) is 0 Å². The van der Waals surface area contributed by atoms with Crippen molar-refractivity contribution in [3.05, 3.63) is 40.8 Å². The van der Waals surface area contributed by atoms with Crippen molar-refractivity contribution in [3.63, 3.8) is 0 Å². The first kappa shape index (κ1) is 19.4. The average Bonchev–Trinajstić information content (AvgIpc) is 3.23. The first-order valence-corrected chi connectivity index (χ1v) is 9.93. The van der Waals surface area contributed by atoms with Crippen molar-refractivity contribution in [2.75, 3.05) is 39.0 Å². The van der Waals surface area contributed by atoms with Crippen LogP contribution in [0.1, 0.15) is 29.6 Å². The van der Waals surface area contributed by atoms with Crippen LogP contribution in [0.25, 0.3) is 0 Å². The van der Waals surface area contributed by atoms with Crippen molar-refractivity contribution < 1.29 is 4.79 Å². The minimum Gasteiger partial charge on any atom is -0.338 e. The number of nitrogens with zero attached hydrogens (tertiary/aromatic N) is 5. The van der Waals surface area contributed by atoms with Crippen molar-refractivity contribution in [2.45, 2.75) is 26.2 Å². The molecular formula is C19H26N6OS. The maximum absolute atomic E-state index is 12.3. The zero-order chi connectivity index (χ0) is 19.4. The zero-order valence-corrected chi connectivity index (χ0v) is 17.1. The van der Waals surface area contributed by atoms with E-state index in [1.807, 2.05) is 55.3 Å². The lowest BCUT2D eigenvalue weighted by atomic mass is 10.0. The summed E-state index contributed by atoms with van der Waals surface area (Å²) < 4.78 is 0. The molecule has 0 bridgehead atoms. The number of likely N-dealkylation sites (N-methyl/N-ethyl adjacent to an activating group) is 1. The van der Waals surface area contributed by atoms with Crippen LogP contribution in [0.15, 0.2) is 23.6 Å². The molecular weight excluding hydrogens is 360 g/mol. The summed E-state index contributed by atoms with van der Waals surface area (Å²) in [6.45, 7) is 6.07. The predicted octanol–water partition coefficient (Wildman–Crippen LogP) is 2.73. The van der Waals surface area contributed by atoms with Gasteiger partial charge in [0.25, 0.3) is 0 Å². The Morgan fingerprint density at radius 1 is 1.37 bits per heavy atom. The molecule has 1 saturated heterocycles. The van der Waals surface area contributed by atoms with Crippen LogP contribution >= 0.6 is 11.3 Å². The number of carbonyl (C=O) groups is 1. The second-order valence-electron chi connectivity index (χ2n) is 7.08. The number of carbonyl (C=O) groups excluding carboxylic acids is 1. The Labute approximate surface area is 164 Å². The van der Waals surface area contributed by atoms with Gasteiger partial charge in [-0.05, 0) is 34.4 Å². The van der Waals surface area contributed by atoms with Crippen molar-refractivity contribution in [3.8, 4) is 0 Å². The molecule has 1 fully saturated rings. The summed E-state index contributed by atoms with van der Waals surface area (Å²) in [7, 11) is 3.97. The molecule has 8 heteroatoms. The third kappa shape index (κ3) is 5.33. The Hall–Kier alpha value is -2.32. The highest BCUT2D eigenvalue weighted by Gasteiger charge is 2.27. The van der Waals surface area contributed by atoms with Crippen molar-refractivity contribution in [1.82, 2.24) is 24.8 Å². The Morgan fingerprint density at radius 3 is 2.89 bits per heavy atom. The quantitative estimate of drug-likeness (QED) is 0.770. The van der Waals surface area contributed by atoms with E-state index in [1.54, 1.807) is 17.4 Å². The summed E-state index contributed by atoms with van der Waals surface area (Å²) >= 11 is 1.56. The SMILES string of the molecule is Cc1csc(Nc2cc([C@H]3CCN(C(=O)/C=C/CN(C)C)C3)nc(C)n2)n1. The van der Waals surface area contributed by atoms with Gasteiger partial charge in [0.1, 0.15) is 11.6 Å². The van der Waals surface area contributed by atoms with E-state index in [4.69, 9.17) is 0 Å². The number of nitrogens with one attached hydrogen (secondary N) is 1. The summed E-state index contributed by atoms with van der Waals surface area (Å²) in [6, 6.07) is 1.98. The number of thiazole rings is 1. The number of aryl methyl sites for hydroxylation is 2. The highest BCUT2D eigenvalue weighted by Crippen LogP contribution is 2.28. The summed E-state index contributed by atoms with van der Waals surface area (Å²) in [5.74, 6) is 1.78. The molecule has 0 unspecified atom stereocenters. The van der Waals surface area contributed by atoms with Crippen molar-refractivity contribution >= 4 is 28.2 Å². The molecule has 0 aromatic carbocycles. The number of amides is 1. The highest BCUT2D eigenvalue weighted by molar-refractivity contribution is 7.13. The Kier molecular flexibility index (Phi) is 6.18. The van der Waals surface area contributed by atoms with Gasteiger partial charge >= 0.3 is 0 Å². The molecule has 2 aromatic heterocycles. The van der Waals surface area contributed by atoms with Gasteiger partial charge in [0.05, 0.1) is 11.4 Å². The lowest BCUT2D eigenvalue weighted by Gasteiger charge is -2.15. The standard InChI is InChI=1S/C19H26N6OS/c1-13-12-27-19(20-13)23-17-10-16(21-14(2)22-17)15-7-9-25(11-15)18(26)6-5-8-24(3)4/h5-6,10,12,15H,7-9,11H2,1-4H3,(H,20,21,22,23)/b6-5+/t15-/m0/s1. The van der Waals surface area contributed by atoms with E-state index in [9.17, 15) is 4.79 Å². The van der Waals surface area contributed by atoms with Crippen molar-refractivity contribution in [2.24, 2.45) is 0 Å². The molecule has 0 radical (unpaired) electrons. The second-order valence-corrected chi connectivity index (χ2v) is 7.94. The number of anilines is 2. The van der Waals surface area contributed by atoms with E-state index in [2.05, 4.69) is 20.3 Å². The molecule has 1 aliphatic rings. The van der Waals surface area contributed by atoms with Gasteiger partial charge in [-0.25, -0.2) is 15.0 Å². The monoisotopic (exact) mass is 386 g/mol. The summed E-state index contributed by atoms with van der Waals surface area (Å²) in [6.07, 6.45) is 4.49. The van der Waals surface area contributed by atoms with Crippen LogP contribution in [0, 0.1) is 13.8 Å². The fourth-order valence-electron chi connectivity index (χ4n) is 3.06. The molecule has 1 N–H and O–H groups in total. The molecule has 27 heavy (non-hydrogen) atoms. The van der Waals surface area contributed by atoms with Gasteiger partial charge in [-0.3, -0.25) is 4.79 Å². The van der Waals surface area contributed by atoms with E-state index >= 15 is 0 Å². The van der Waals surface area contributed by atoms with Crippen molar-refractivity contribution in [1.29, 1.82) is 0 Å². The van der Waals surface area contributed by atoms with Gasteiger partial charge in [0, 0.05) is 43.1 Å². The van der Waals surface area contributed by atoms with E-state index < -0.39 is 0 Å². The number of hydrogen-bond acceptors (Lipinski definition) is 7. The van der Waals surface area contributed by atoms with Gasteiger partial charge < -0.3 is 15.1 Å². The molecule has 0 spiro atoms. The number of likely N-dealkylation sites (tertiary alicyclic amines) is 1. The number of aromatic nitrogens is 3. The smallest absolute Gasteiger partial charge is 0.246 e. The van der Waals surface area contributed by atoms with Gasteiger partial charge in [-0.1, -0.05) is 6.08 Å². The molecule has 7 nitrogen and oxygen atoms in total. The molecule has 2 aromatic rings. The normalized spacial score (nSPS) is 17.2. The fraction of sp³-hybridized carbons (Fsp3) is 0.474. The van der Waals surface area contributed by atoms with Crippen LogP contribution in [0.4, 0.5) is 10.9 Å². The van der Waals surface area contributed by atoms with Crippen LogP contribution < -0.4 is 5.32 Å². The Balaban J connectivity index is 1.66. The fourth-order valence-corrected chi connectivity index (χ4v) is 3.75. The molecule has 0 aliphatic carbocycles. The van der Waals surface area contributed by atoms with Gasteiger partial charge in [0.2, 0.25) is 5.91 Å². The predicted molar refractivity (Wildman–Crippen MR) is 109 cm³/mol. The zero-order valence-electron chi connectivity index (χ0n) is 16.3. The molecule has 3 heterocycles. The second kappa shape index (κ2) is 8.58. The van der Waals surface area contributed by atoms with Gasteiger partial charge in [0.15, 0.2) is 5.13 Å². The third-order valence-corrected chi connectivity index (χ3v) is 5.24. The molecule has 144 valence electrons. The lowest BCUT2D eigenvalue weighted by Crippen LogP contribution is -2.27. The summed E-state index contributed by atoms with van der Waals surface area (Å²) in [5, 5.41) is 6.09. The Morgan fingerprint density at radius 2 is 2.19 bits per heavy atom. The number of hydrogen-bond donors (Lipinski definition) is 1. The molecule has 1 atom stereocenters. The van der Waals surface area contributed by atoms with E-state index in [1.165, 1.54) is 0 Å².